The summed E-state index contributed by atoms with van der Waals surface area (Å²) in [6.45, 7) is 0. The maximum absolute atomic E-state index is 10.9. The molecule has 0 aromatic heterocycles. The fourth-order valence-corrected chi connectivity index (χ4v) is 5.98. The maximum atomic E-state index is 10.9. The van der Waals surface area contributed by atoms with Crippen LogP contribution in [0.5, 0.6) is 5.75 Å². The van der Waals surface area contributed by atoms with Gasteiger partial charge in [0.15, 0.2) is 0 Å². The van der Waals surface area contributed by atoms with Crippen LogP contribution in [0.2, 0.25) is 0 Å². The maximum Gasteiger partial charge on any atom is 0.313 e. The van der Waals surface area contributed by atoms with Crippen LogP contribution in [0.4, 0.5) is 0 Å². The molecule has 2 saturated carbocycles. The second kappa shape index (κ2) is 9.11. The lowest BCUT2D eigenvalue weighted by Crippen LogP contribution is -2.18. The first-order valence-electron chi connectivity index (χ1n) is 10.7. The van der Waals surface area contributed by atoms with Crippen LogP contribution in [-0.4, -0.2) is 45.4 Å². The number of carboxylic acid groups (broad SMARTS) is 1. The summed E-state index contributed by atoms with van der Waals surface area (Å²) < 4.78 is 6.15. The molecule has 6 heteroatoms. The van der Waals surface area contributed by atoms with E-state index in [4.69, 9.17) is 9.84 Å². The van der Waals surface area contributed by atoms with Crippen LogP contribution < -0.4 is 4.74 Å². The zero-order valence-electron chi connectivity index (χ0n) is 16.6. The summed E-state index contributed by atoms with van der Waals surface area (Å²) in [7, 11) is 0. The number of thioether (sulfide) groups is 1. The molecule has 1 aliphatic heterocycles. The lowest BCUT2D eigenvalue weighted by atomic mass is 9.84. The molecule has 5 atom stereocenters. The van der Waals surface area contributed by atoms with Crippen LogP contribution in [0.15, 0.2) is 35.2 Å². The van der Waals surface area contributed by atoms with Crippen LogP contribution >= 0.6 is 11.8 Å². The molecule has 158 valence electrons. The Bertz CT molecular complexity index is 758. The lowest BCUT2D eigenvalue weighted by molar-refractivity contribution is -0.133. The van der Waals surface area contributed by atoms with E-state index in [2.05, 4.69) is 0 Å². The Morgan fingerprint density at radius 1 is 1.28 bits per heavy atom. The number of aliphatic hydroxyl groups is 2. The Morgan fingerprint density at radius 2 is 2.07 bits per heavy atom. The average Bonchev–Trinajstić information content (AvgIpc) is 3.20. The molecule has 0 radical (unpaired) electrons. The van der Waals surface area contributed by atoms with Gasteiger partial charge in [0.05, 0.1) is 22.9 Å². The lowest BCUT2D eigenvalue weighted by Gasteiger charge is -2.23. The van der Waals surface area contributed by atoms with Crippen molar-refractivity contribution in [3.05, 3.63) is 35.9 Å². The summed E-state index contributed by atoms with van der Waals surface area (Å²) in [5.41, 5.74) is 1.04. The van der Waals surface area contributed by atoms with Gasteiger partial charge in [-0.15, -0.1) is 11.8 Å². The van der Waals surface area contributed by atoms with Crippen LogP contribution in [-0.2, 0) is 4.79 Å². The number of hydrogen-bond acceptors (Lipinski definition) is 5. The number of para-hydroxylation sites is 1. The first kappa shape index (κ1) is 20.8. The van der Waals surface area contributed by atoms with E-state index >= 15 is 0 Å². The fraction of sp³-hybridized carbons (Fsp3) is 0.609. The molecule has 1 aromatic rings. The number of rotatable bonds is 7. The summed E-state index contributed by atoms with van der Waals surface area (Å²) in [6.07, 6.45) is 10.4. The van der Waals surface area contributed by atoms with Crippen molar-refractivity contribution >= 4 is 17.7 Å². The normalized spacial score (nSPS) is 30.1. The molecule has 0 bridgehead atoms. The Balaban J connectivity index is 1.46. The molecule has 1 aromatic carbocycles. The van der Waals surface area contributed by atoms with E-state index in [-0.39, 0.29) is 23.7 Å². The number of carbonyl (C=O) groups is 1. The van der Waals surface area contributed by atoms with Gasteiger partial charge in [0.2, 0.25) is 0 Å². The second-order valence-corrected chi connectivity index (χ2v) is 9.63. The Hall–Kier alpha value is -1.50. The molecule has 0 spiro atoms. The minimum atomic E-state index is -0.853. The van der Waals surface area contributed by atoms with Gasteiger partial charge in [-0.05, 0) is 18.4 Å². The SMILES string of the molecule is O=C(O)CSc1cccc2c1O[C@H]1C[C@@H](O)[C@H](/C=C/[C@@H](O)CC3CCCCC3)[C@@H]21. The summed E-state index contributed by atoms with van der Waals surface area (Å²) in [5, 5.41) is 30.1. The summed E-state index contributed by atoms with van der Waals surface area (Å²) >= 11 is 1.27. The van der Waals surface area contributed by atoms with Crippen LogP contribution in [0.25, 0.3) is 0 Å². The second-order valence-electron chi connectivity index (χ2n) is 8.61. The summed E-state index contributed by atoms with van der Waals surface area (Å²) in [6, 6.07) is 5.84. The molecule has 0 unspecified atom stereocenters. The molecule has 5 nitrogen and oxygen atoms in total. The van der Waals surface area contributed by atoms with Gasteiger partial charge in [0.25, 0.3) is 0 Å². The van der Waals surface area contributed by atoms with Gasteiger partial charge in [-0.1, -0.05) is 56.4 Å². The van der Waals surface area contributed by atoms with Crippen molar-refractivity contribution in [1.29, 1.82) is 0 Å². The van der Waals surface area contributed by atoms with Gasteiger partial charge in [-0.25, -0.2) is 0 Å². The van der Waals surface area contributed by atoms with Crippen LogP contribution in [0.3, 0.4) is 0 Å². The van der Waals surface area contributed by atoms with Crippen molar-refractivity contribution in [1.82, 2.24) is 0 Å². The molecule has 2 fully saturated rings. The third-order valence-corrected chi connectivity index (χ3v) is 7.60. The zero-order valence-corrected chi connectivity index (χ0v) is 17.4. The summed E-state index contributed by atoms with van der Waals surface area (Å²) in [4.78, 5) is 11.8. The standard InChI is InChI=1S/C23H30O5S/c24-15(11-14-5-2-1-3-6-14)9-10-16-18(25)12-19-22(16)17-7-4-8-20(23(17)28-19)29-13-21(26)27/h4,7-10,14-16,18-19,22,24-25H,1-3,5-6,11-13H2,(H,26,27)/b10-9+/t15-,16+,18-,19+,22+/m1/s1. The molecule has 1 heterocycles. The molecule has 3 N–H and O–H groups in total. The van der Waals surface area contributed by atoms with E-state index in [1.807, 2.05) is 30.4 Å². The van der Waals surface area contributed by atoms with Gasteiger partial charge < -0.3 is 20.1 Å². The third kappa shape index (κ3) is 4.65. The average molecular weight is 419 g/mol. The van der Waals surface area contributed by atoms with Gasteiger partial charge >= 0.3 is 5.97 Å². The Morgan fingerprint density at radius 3 is 2.83 bits per heavy atom. The molecule has 29 heavy (non-hydrogen) atoms. The molecule has 4 rings (SSSR count). The fourth-order valence-electron chi connectivity index (χ4n) is 5.23. The van der Waals surface area contributed by atoms with Gasteiger partial charge in [-0.3, -0.25) is 4.79 Å². The highest BCUT2D eigenvalue weighted by molar-refractivity contribution is 8.00. The van der Waals surface area contributed by atoms with E-state index in [0.717, 1.165) is 22.6 Å². The minimum Gasteiger partial charge on any atom is -0.488 e. The predicted molar refractivity (Wildman–Crippen MR) is 112 cm³/mol. The van der Waals surface area contributed by atoms with Crippen LogP contribution in [0.1, 0.15) is 56.4 Å². The first-order valence-corrected chi connectivity index (χ1v) is 11.7. The predicted octanol–water partition coefficient (Wildman–Crippen LogP) is 3.98. The van der Waals surface area contributed by atoms with E-state index in [1.165, 1.54) is 43.9 Å². The zero-order chi connectivity index (χ0) is 20.4. The van der Waals surface area contributed by atoms with E-state index < -0.39 is 18.2 Å². The minimum absolute atomic E-state index is 0.00549. The van der Waals surface area contributed by atoms with Crippen molar-refractivity contribution < 1.29 is 24.9 Å². The smallest absolute Gasteiger partial charge is 0.313 e. The quantitative estimate of drug-likeness (QED) is 0.459. The van der Waals surface area contributed by atoms with E-state index in [0.29, 0.717) is 12.3 Å². The number of aliphatic carboxylic acids is 1. The highest BCUT2D eigenvalue weighted by atomic mass is 32.2. The summed E-state index contributed by atoms with van der Waals surface area (Å²) in [5.74, 6) is 0.462. The number of carboxylic acids is 1. The van der Waals surface area contributed by atoms with Gasteiger partial charge in [0.1, 0.15) is 11.9 Å². The number of ether oxygens (including phenoxy) is 1. The molecule has 0 amide bonds. The Labute approximate surface area is 176 Å². The monoisotopic (exact) mass is 418 g/mol. The number of fused-ring (bicyclic) bond motifs is 3. The van der Waals surface area contributed by atoms with Crippen molar-refractivity contribution in [3.63, 3.8) is 0 Å². The van der Waals surface area contributed by atoms with E-state index in [9.17, 15) is 15.0 Å². The number of aliphatic hydroxyl groups excluding tert-OH is 2. The van der Waals surface area contributed by atoms with Crippen molar-refractivity contribution in [2.24, 2.45) is 11.8 Å². The molecule has 3 aliphatic rings. The van der Waals surface area contributed by atoms with E-state index in [1.54, 1.807) is 0 Å². The van der Waals surface area contributed by atoms with Gasteiger partial charge in [0, 0.05) is 23.8 Å². The van der Waals surface area contributed by atoms with Crippen molar-refractivity contribution in [2.75, 3.05) is 5.75 Å². The molecule has 0 saturated heterocycles. The first-order chi connectivity index (χ1) is 14.0. The highest BCUT2D eigenvalue weighted by Crippen LogP contribution is 2.53. The molecule has 2 aliphatic carbocycles. The third-order valence-electron chi connectivity index (χ3n) is 6.58. The number of hydrogen-bond donors (Lipinski definition) is 3. The van der Waals surface area contributed by atoms with Crippen LogP contribution in [0, 0.1) is 11.8 Å². The highest BCUT2D eigenvalue weighted by Gasteiger charge is 2.49. The topological polar surface area (TPSA) is 87.0 Å². The number of benzene rings is 1. The molecular weight excluding hydrogens is 388 g/mol. The molecular formula is C23H30O5S. The van der Waals surface area contributed by atoms with Gasteiger partial charge in [-0.2, -0.15) is 0 Å². The Kier molecular flexibility index (Phi) is 6.52. The largest absolute Gasteiger partial charge is 0.488 e. The van der Waals surface area contributed by atoms with Crippen molar-refractivity contribution in [2.45, 2.75) is 74.1 Å². The van der Waals surface area contributed by atoms with Crippen molar-refractivity contribution in [3.8, 4) is 5.75 Å².